The first kappa shape index (κ1) is 8.24. The number of fused-ring (bicyclic) bond motifs is 1. The monoisotopic (exact) mass is 169 g/mol. The van der Waals surface area contributed by atoms with E-state index in [1.807, 2.05) is 30.5 Å². The second-order valence-corrected chi connectivity index (χ2v) is 3.03. The average molecular weight is 169 g/mol. The highest BCUT2D eigenvalue weighted by molar-refractivity contribution is 5.81. The molecule has 0 aliphatic rings. The number of rotatable bonds is 2. The third kappa shape index (κ3) is 1.55. The summed E-state index contributed by atoms with van der Waals surface area (Å²) in [6, 6.07) is 10.2. The quantitative estimate of drug-likeness (QED) is 0.673. The molecule has 1 nitrogen and oxygen atoms in total. The molecule has 0 aliphatic carbocycles. The SMILES string of the molecule is [CH]CCc1ccnc2ccccc12. The van der Waals surface area contributed by atoms with Crippen molar-refractivity contribution in [2.75, 3.05) is 0 Å². The molecule has 64 valence electrons. The number of hydrogen-bond donors (Lipinski definition) is 0. The molecule has 0 aliphatic heterocycles. The van der Waals surface area contributed by atoms with Crippen LogP contribution in [-0.2, 0) is 6.42 Å². The van der Waals surface area contributed by atoms with Crippen molar-refractivity contribution >= 4 is 10.9 Å². The van der Waals surface area contributed by atoms with Crippen LogP contribution in [0.15, 0.2) is 36.5 Å². The van der Waals surface area contributed by atoms with E-state index in [1.165, 1.54) is 10.9 Å². The maximum Gasteiger partial charge on any atom is 0.0704 e. The predicted octanol–water partition coefficient (Wildman–Crippen LogP) is 2.88. The van der Waals surface area contributed by atoms with Crippen LogP contribution in [0, 0.1) is 6.92 Å². The van der Waals surface area contributed by atoms with Gasteiger partial charge in [-0.25, -0.2) is 0 Å². The van der Waals surface area contributed by atoms with Gasteiger partial charge in [0.1, 0.15) is 0 Å². The molecule has 1 aromatic heterocycles. The molecular weight excluding hydrogens is 158 g/mol. The first-order valence-electron chi connectivity index (χ1n) is 4.44. The van der Waals surface area contributed by atoms with E-state index in [-0.39, 0.29) is 0 Å². The van der Waals surface area contributed by atoms with Gasteiger partial charge < -0.3 is 0 Å². The fourth-order valence-corrected chi connectivity index (χ4v) is 1.53. The standard InChI is InChI=1S/C12H11N/c1-2-5-10-8-9-13-12-7-4-3-6-11(10)12/h1,3-4,6-9H,2,5H2. The van der Waals surface area contributed by atoms with E-state index in [9.17, 15) is 0 Å². The van der Waals surface area contributed by atoms with Crippen molar-refractivity contribution in [1.82, 2.24) is 4.98 Å². The summed E-state index contributed by atoms with van der Waals surface area (Å²) in [6.07, 6.45) is 3.45. The Labute approximate surface area is 78.4 Å². The Morgan fingerprint density at radius 1 is 1.15 bits per heavy atom. The smallest absolute Gasteiger partial charge is 0.0704 e. The van der Waals surface area contributed by atoms with Crippen LogP contribution >= 0.6 is 0 Å². The Bertz CT molecular complexity index is 401. The molecule has 0 fully saturated rings. The zero-order valence-electron chi connectivity index (χ0n) is 7.40. The summed E-state index contributed by atoms with van der Waals surface area (Å²) >= 11 is 0. The average Bonchev–Trinajstić information content (AvgIpc) is 2.19. The van der Waals surface area contributed by atoms with Crippen molar-refractivity contribution in [3.05, 3.63) is 49.0 Å². The molecule has 0 saturated carbocycles. The number of nitrogens with zero attached hydrogens (tertiary/aromatic N) is 1. The summed E-state index contributed by atoms with van der Waals surface area (Å²) < 4.78 is 0. The van der Waals surface area contributed by atoms with E-state index >= 15 is 0 Å². The molecule has 2 radical (unpaired) electrons. The number of hydrogen-bond acceptors (Lipinski definition) is 1. The van der Waals surface area contributed by atoms with Gasteiger partial charge in [-0.1, -0.05) is 18.2 Å². The van der Waals surface area contributed by atoms with Crippen LogP contribution in [0.4, 0.5) is 0 Å². The van der Waals surface area contributed by atoms with Gasteiger partial charge in [0.2, 0.25) is 0 Å². The van der Waals surface area contributed by atoms with Gasteiger partial charge in [0.25, 0.3) is 0 Å². The van der Waals surface area contributed by atoms with Gasteiger partial charge >= 0.3 is 0 Å². The lowest BCUT2D eigenvalue weighted by Crippen LogP contribution is -1.87. The van der Waals surface area contributed by atoms with Crippen molar-refractivity contribution in [3.8, 4) is 0 Å². The summed E-state index contributed by atoms with van der Waals surface area (Å²) in [7, 11) is 0. The predicted molar refractivity (Wildman–Crippen MR) is 54.4 cm³/mol. The topological polar surface area (TPSA) is 12.9 Å². The van der Waals surface area contributed by atoms with Gasteiger partial charge in [0.15, 0.2) is 0 Å². The number of aryl methyl sites for hydroxylation is 1. The molecule has 2 rings (SSSR count). The first-order valence-corrected chi connectivity index (χ1v) is 4.44. The molecule has 0 bridgehead atoms. The summed E-state index contributed by atoms with van der Waals surface area (Å²) in [5.41, 5.74) is 2.33. The van der Waals surface area contributed by atoms with Gasteiger partial charge in [-0.2, -0.15) is 0 Å². The van der Waals surface area contributed by atoms with Gasteiger partial charge in [0.05, 0.1) is 5.52 Å². The lowest BCUT2D eigenvalue weighted by atomic mass is 10.1. The minimum Gasteiger partial charge on any atom is -0.256 e. The molecule has 0 unspecified atom stereocenters. The maximum absolute atomic E-state index is 5.53. The molecule has 0 N–H and O–H groups in total. The number of pyridine rings is 1. The first-order chi connectivity index (χ1) is 6.42. The zero-order chi connectivity index (χ0) is 9.10. The van der Waals surface area contributed by atoms with Gasteiger partial charge in [-0.3, -0.25) is 4.98 Å². The van der Waals surface area contributed by atoms with E-state index in [2.05, 4.69) is 11.1 Å². The minimum atomic E-state index is 0.688. The van der Waals surface area contributed by atoms with Crippen LogP contribution in [0.2, 0.25) is 0 Å². The highest BCUT2D eigenvalue weighted by Gasteiger charge is 1.98. The molecule has 1 heteroatoms. The summed E-state index contributed by atoms with van der Waals surface area (Å²) in [5, 5.41) is 1.22. The Hall–Kier alpha value is -1.37. The number of aromatic nitrogens is 1. The molecule has 1 heterocycles. The van der Waals surface area contributed by atoms with E-state index in [4.69, 9.17) is 6.92 Å². The second kappa shape index (κ2) is 3.56. The molecule has 2 aromatic rings. The van der Waals surface area contributed by atoms with E-state index < -0.39 is 0 Å². The summed E-state index contributed by atoms with van der Waals surface area (Å²) in [5.74, 6) is 0. The highest BCUT2D eigenvalue weighted by atomic mass is 14.6. The summed E-state index contributed by atoms with van der Waals surface area (Å²) in [6.45, 7) is 5.53. The van der Waals surface area contributed by atoms with Gasteiger partial charge in [0, 0.05) is 11.6 Å². The largest absolute Gasteiger partial charge is 0.256 e. The van der Waals surface area contributed by atoms with Crippen LogP contribution in [-0.4, -0.2) is 4.98 Å². The summed E-state index contributed by atoms with van der Waals surface area (Å²) in [4.78, 5) is 4.28. The molecule has 0 saturated heterocycles. The van der Waals surface area contributed by atoms with Gasteiger partial charge in [-0.05, 0) is 37.5 Å². The second-order valence-electron chi connectivity index (χ2n) is 3.03. The van der Waals surface area contributed by atoms with Crippen molar-refractivity contribution in [2.45, 2.75) is 12.8 Å². The molecule has 1 aromatic carbocycles. The Kier molecular flexibility index (Phi) is 2.26. The van der Waals surface area contributed by atoms with Gasteiger partial charge in [-0.15, -0.1) is 0 Å². The third-order valence-electron chi connectivity index (χ3n) is 2.15. The lowest BCUT2D eigenvalue weighted by molar-refractivity contribution is 1.01. The van der Waals surface area contributed by atoms with Crippen LogP contribution in [0.5, 0.6) is 0 Å². The van der Waals surface area contributed by atoms with Crippen molar-refractivity contribution < 1.29 is 0 Å². The molecule has 0 amide bonds. The fourth-order valence-electron chi connectivity index (χ4n) is 1.53. The van der Waals surface area contributed by atoms with Crippen molar-refractivity contribution in [1.29, 1.82) is 0 Å². The normalized spacial score (nSPS) is 10.5. The Morgan fingerprint density at radius 3 is 2.85 bits per heavy atom. The maximum atomic E-state index is 5.53. The minimum absolute atomic E-state index is 0.688. The highest BCUT2D eigenvalue weighted by Crippen LogP contribution is 2.16. The molecule has 0 atom stereocenters. The van der Waals surface area contributed by atoms with Crippen molar-refractivity contribution in [3.63, 3.8) is 0 Å². The number of benzene rings is 1. The van der Waals surface area contributed by atoms with Crippen LogP contribution < -0.4 is 0 Å². The van der Waals surface area contributed by atoms with E-state index in [1.54, 1.807) is 0 Å². The Morgan fingerprint density at radius 2 is 2.00 bits per heavy atom. The Balaban J connectivity index is 2.61. The number of para-hydroxylation sites is 1. The fraction of sp³-hybridized carbons (Fsp3) is 0.167. The lowest BCUT2D eigenvalue weighted by Gasteiger charge is -2.02. The van der Waals surface area contributed by atoms with E-state index in [0.717, 1.165) is 11.9 Å². The van der Waals surface area contributed by atoms with Crippen LogP contribution in [0.25, 0.3) is 10.9 Å². The van der Waals surface area contributed by atoms with Crippen LogP contribution in [0.1, 0.15) is 12.0 Å². The molecule has 0 spiro atoms. The van der Waals surface area contributed by atoms with Crippen molar-refractivity contribution in [2.24, 2.45) is 0 Å². The van der Waals surface area contributed by atoms with E-state index in [0.29, 0.717) is 6.42 Å². The molecule has 13 heavy (non-hydrogen) atoms. The molecular formula is C12H11N. The van der Waals surface area contributed by atoms with Crippen LogP contribution in [0.3, 0.4) is 0 Å². The third-order valence-corrected chi connectivity index (χ3v) is 2.15. The zero-order valence-corrected chi connectivity index (χ0v) is 7.40.